The third-order valence-corrected chi connectivity index (χ3v) is 5.30. The smallest absolute Gasteiger partial charge is 0.234 e. The van der Waals surface area contributed by atoms with Gasteiger partial charge in [-0.25, -0.2) is 4.68 Å². The van der Waals surface area contributed by atoms with Crippen LogP contribution < -0.4 is 5.32 Å². The van der Waals surface area contributed by atoms with Gasteiger partial charge in [0.05, 0.1) is 18.4 Å². The lowest BCUT2D eigenvalue weighted by atomic mass is 9.99. The number of carbonyl (C=O) groups excluding carboxylic acids is 1. The number of rotatable bonds is 7. The molecule has 3 aromatic rings. The fourth-order valence-corrected chi connectivity index (χ4v) is 3.79. The maximum absolute atomic E-state index is 12.3. The van der Waals surface area contributed by atoms with Crippen LogP contribution in [0.2, 0.25) is 0 Å². The number of para-hydroxylation sites is 1. The molecule has 0 spiro atoms. The van der Waals surface area contributed by atoms with E-state index in [2.05, 4.69) is 39.6 Å². The second-order valence-electron chi connectivity index (χ2n) is 7.36. The molecule has 28 heavy (non-hydrogen) atoms. The lowest BCUT2D eigenvalue weighted by molar-refractivity contribution is -0.121. The van der Waals surface area contributed by atoms with Crippen LogP contribution in [0.4, 0.5) is 0 Å². The van der Waals surface area contributed by atoms with Crippen molar-refractivity contribution in [2.45, 2.75) is 18.8 Å². The number of nitrogens with zero attached hydrogens (tertiary/aromatic N) is 3. The van der Waals surface area contributed by atoms with Gasteiger partial charge in [-0.1, -0.05) is 48.5 Å². The van der Waals surface area contributed by atoms with Crippen molar-refractivity contribution < 1.29 is 4.79 Å². The normalized spacial score (nSPS) is 16.9. The van der Waals surface area contributed by atoms with E-state index in [-0.39, 0.29) is 5.91 Å². The SMILES string of the molecule is O=C(CN1CCC(c2ccccc2)C1)NCCc1cnn(-c2ccccc2)c1. The van der Waals surface area contributed by atoms with E-state index in [9.17, 15) is 4.79 Å². The van der Waals surface area contributed by atoms with Gasteiger partial charge in [0.25, 0.3) is 0 Å². The Hall–Kier alpha value is -2.92. The number of likely N-dealkylation sites (tertiary alicyclic amines) is 1. The molecular weight excluding hydrogens is 348 g/mol. The van der Waals surface area contributed by atoms with Crippen molar-refractivity contribution in [3.8, 4) is 5.69 Å². The number of hydrogen-bond acceptors (Lipinski definition) is 3. The summed E-state index contributed by atoms with van der Waals surface area (Å²) in [5.41, 5.74) is 3.54. The Bertz CT molecular complexity index is 891. The Morgan fingerprint density at radius 2 is 1.82 bits per heavy atom. The van der Waals surface area contributed by atoms with Gasteiger partial charge in [-0.05, 0) is 48.6 Å². The predicted octanol–water partition coefficient (Wildman–Crippen LogP) is 3.02. The quantitative estimate of drug-likeness (QED) is 0.692. The molecule has 4 rings (SSSR count). The maximum Gasteiger partial charge on any atom is 0.234 e. The highest BCUT2D eigenvalue weighted by Crippen LogP contribution is 2.26. The van der Waals surface area contributed by atoms with Crippen molar-refractivity contribution in [2.24, 2.45) is 0 Å². The molecule has 0 aliphatic carbocycles. The minimum absolute atomic E-state index is 0.101. The minimum Gasteiger partial charge on any atom is -0.355 e. The summed E-state index contributed by atoms with van der Waals surface area (Å²) in [6.07, 6.45) is 5.79. The molecule has 5 nitrogen and oxygen atoms in total. The van der Waals surface area contributed by atoms with E-state index in [1.807, 2.05) is 53.5 Å². The molecule has 1 N–H and O–H groups in total. The highest BCUT2D eigenvalue weighted by Gasteiger charge is 2.24. The minimum atomic E-state index is 0.101. The maximum atomic E-state index is 12.3. The molecule has 1 unspecified atom stereocenters. The van der Waals surface area contributed by atoms with Gasteiger partial charge in [-0.3, -0.25) is 9.69 Å². The summed E-state index contributed by atoms with van der Waals surface area (Å²) in [7, 11) is 0. The van der Waals surface area contributed by atoms with Crippen LogP contribution in [0, 0.1) is 0 Å². The van der Waals surface area contributed by atoms with Crippen LogP contribution in [0.15, 0.2) is 73.1 Å². The molecule has 1 amide bonds. The zero-order valence-electron chi connectivity index (χ0n) is 16.0. The summed E-state index contributed by atoms with van der Waals surface area (Å²) in [6, 6.07) is 20.6. The zero-order valence-corrected chi connectivity index (χ0v) is 16.0. The first-order valence-corrected chi connectivity index (χ1v) is 9.91. The van der Waals surface area contributed by atoms with Gasteiger partial charge < -0.3 is 5.32 Å². The molecule has 5 heteroatoms. The predicted molar refractivity (Wildman–Crippen MR) is 111 cm³/mol. The highest BCUT2D eigenvalue weighted by molar-refractivity contribution is 5.78. The molecule has 144 valence electrons. The average Bonchev–Trinajstić information content (AvgIpc) is 3.39. The molecule has 0 radical (unpaired) electrons. The molecule has 1 saturated heterocycles. The number of benzene rings is 2. The van der Waals surface area contributed by atoms with Gasteiger partial charge in [0.2, 0.25) is 5.91 Å². The summed E-state index contributed by atoms with van der Waals surface area (Å²) in [5, 5.41) is 7.44. The van der Waals surface area contributed by atoms with E-state index in [1.165, 1.54) is 5.56 Å². The summed E-state index contributed by atoms with van der Waals surface area (Å²) in [4.78, 5) is 14.5. The van der Waals surface area contributed by atoms with Gasteiger partial charge in [0.15, 0.2) is 0 Å². The molecule has 0 bridgehead atoms. The van der Waals surface area contributed by atoms with Crippen LogP contribution in [-0.4, -0.2) is 46.8 Å². The fourth-order valence-electron chi connectivity index (χ4n) is 3.79. The van der Waals surface area contributed by atoms with Gasteiger partial charge in [-0.15, -0.1) is 0 Å². The van der Waals surface area contributed by atoms with Crippen LogP contribution in [-0.2, 0) is 11.2 Å². The molecule has 2 heterocycles. The van der Waals surface area contributed by atoms with Gasteiger partial charge in [0, 0.05) is 19.3 Å². The zero-order chi connectivity index (χ0) is 19.2. The van der Waals surface area contributed by atoms with Crippen LogP contribution >= 0.6 is 0 Å². The second kappa shape index (κ2) is 8.85. The van der Waals surface area contributed by atoms with Crippen LogP contribution in [0.5, 0.6) is 0 Å². The lowest BCUT2D eigenvalue weighted by Crippen LogP contribution is -2.36. The summed E-state index contributed by atoms with van der Waals surface area (Å²) in [5.74, 6) is 0.641. The van der Waals surface area contributed by atoms with E-state index < -0.39 is 0 Å². The van der Waals surface area contributed by atoms with Crippen molar-refractivity contribution in [1.82, 2.24) is 20.0 Å². The number of nitrogens with one attached hydrogen (secondary N) is 1. The lowest BCUT2D eigenvalue weighted by Gasteiger charge is -2.15. The molecule has 1 aromatic heterocycles. The standard InChI is InChI=1S/C23H26N4O/c28-23(18-26-14-12-21(17-26)20-7-3-1-4-8-20)24-13-11-19-15-25-27(16-19)22-9-5-2-6-10-22/h1-10,15-16,21H,11-14,17-18H2,(H,24,28). The largest absolute Gasteiger partial charge is 0.355 e. The molecule has 0 saturated carbocycles. The summed E-state index contributed by atoms with van der Waals surface area (Å²) >= 11 is 0. The molecule has 1 aliphatic heterocycles. The first-order chi connectivity index (χ1) is 13.8. The monoisotopic (exact) mass is 374 g/mol. The van der Waals surface area contributed by atoms with Crippen molar-refractivity contribution in [3.05, 3.63) is 84.2 Å². The van der Waals surface area contributed by atoms with Crippen molar-refractivity contribution >= 4 is 5.91 Å². The number of carbonyl (C=O) groups is 1. The van der Waals surface area contributed by atoms with Crippen molar-refractivity contribution in [3.63, 3.8) is 0 Å². The third kappa shape index (κ3) is 4.67. The summed E-state index contributed by atoms with van der Waals surface area (Å²) < 4.78 is 1.87. The second-order valence-corrected chi connectivity index (χ2v) is 7.36. The van der Waals surface area contributed by atoms with Gasteiger partial charge in [0.1, 0.15) is 0 Å². The van der Waals surface area contributed by atoms with Gasteiger partial charge in [-0.2, -0.15) is 5.10 Å². The third-order valence-electron chi connectivity index (χ3n) is 5.30. The van der Waals surface area contributed by atoms with E-state index in [0.717, 1.165) is 37.2 Å². The van der Waals surface area contributed by atoms with Crippen molar-refractivity contribution in [2.75, 3.05) is 26.2 Å². The first kappa shape index (κ1) is 18.4. The highest BCUT2D eigenvalue weighted by atomic mass is 16.2. The van der Waals surface area contributed by atoms with E-state index in [4.69, 9.17) is 0 Å². The average molecular weight is 374 g/mol. The van der Waals surface area contributed by atoms with Crippen LogP contribution in [0.3, 0.4) is 0 Å². The molecule has 2 aromatic carbocycles. The first-order valence-electron chi connectivity index (χ1n) is 9.91. The molecule has 1 atom stereocenters. The van der Waals surface area contributed by atoms with Crippen molar-refractivity contribution in [1.29, 1.82) is 0 Å². The Morgan fingerprint density at radius 1 is 1.07 bits per heavy atom. The number of amides is 1. The molecule has 1 aliphatic rings. The van der Waals surface area contributed by atoms with Crippen LogP contribution in [0.25, 0.3) is 5.69 Å². The topological polar surface area (TPSA) is 50.2 Å². The molecular formula is C23H26N4O. The Labute approximate surface area is 166 Å². The van der Waals surface area contributed by atoms with Gasteiger partial charge >= 0.3 is 0 Å². The van der Waals surface area contributed by atoms with E-state index in [0.29, 0.717) is 19.0 Å². The Balaban J connectivity index is 1.20. The molecule has 1 fully saturated rings. The fraction of sp³-hybridized carbons (Fsp3) is 0.304. The summed E-state index contributed by atoms with van der Waals surface area (Å²) in [6.45, 7) is 3.06. The van der Waals surface area contributed by atoms with E-state index in [1.54, 1.807) is 0 Å². The van der Waals surface area contributed by atoms with Crippen LogP contribution in [0.1, 0.15) is 23.5 Å². The van der Waals surface area contributed by atoms with E-state index >= 15 is 0 Å². The number of aromatic nitrogens is 2. The number of hydrogen-bond donors (Lipinski definition) is 1. The Kier molecular flexibility index (Phi) is 5.83. The Morgan fingerprint density at radius 3 is 2.61 bits per heavy atom.